The van der Waals surface area contributed by atoms with E-state index in [9.17, 15) is 14.7 Å². The number of likely N-dealkylation sites (tertiary alicyclic amines) is 1. The molecule has 3 aromatic rings. The molecule has 1 aliphatic carbocycles. The quantitative estimate of drug-likeness (QED) is 0.355. The minimum atomic E-state index is -0.670. The summed E-state index contributed by atoms with van der Waals surface area (Å²) in [7, 11) is 1.91. The number of hydrogen-bond donors (Lipinski definition) is 2. The van der Waals surface area contributed by atoms with Gasteiger partial charge >= 0.3 is 5.97 Å². The number of pyridine rings is 2. The molecule has 41 heavy (non-hydrogen) atoms. The minimum absolute atomic E-state index is 0.0761. The van der Waals surface area contributed by atoms with Crippen LogP contribution >= 0.6 is 23.2 Å². The summed E-state index contributed by atoms with van der Waals surface area (Å²) in [5.74, 6) is 1.36. The number of carbonyl (C=O) groups is 1. The van der Waals surface area contributed by atoms with Gasteiger partial charge in [0.2, 0.25) is 0 Å². The summed E-state index contributed by atoms with van der Waals surface area (Å²) >= 11 is 12.6. The van der Waals surface area contributed by atoms with E-state index >= 15 is 0 Å². The van der Waals surface area contributed by atoms with Crippen molar-refractivity contribution in [2.75, 3.05) is 36.4 Å². The number of hydrogen-bond acceptors (Lipinski definition) is 6. The molecule has 3 fully saturated rings. The molecule has 218 valence electrons. The summed E-state index contributed by atoms with van der Waals surface area (Å²) in [5.41, 5.74) is 1.65. The summed E-state index contributed by atoms with van der Waals surface area (Å²) in [4.78, 5) is 34.4. The monoisotopic (exact) mass is 597 g/mol. The second-order valence-electron chi connectivity index (χ2n) is 12.5. The van der Waals surface area contributed by atoms with E-state index < -0.39 is 11.4 Å². The maximum atomic E-state index is 13.0. The molecule has 4 heterocycles. The lowest BCUT2D eigenvalue weighted by Crippen LogP contribution is -2.58. The van der Waals surface area contributed by atoms with Gasteiger partial charge in [0.25, 0.3) is 0 Å². The first-order valence-electron chi connectivity index (χ1n) is 14.5. The number of carboxylic acids is 1. The van der Waals surface area contributed by atoms with Crippen LogP contribution < -0.4 is 15.6 Å². The van der Waals surface area contributed by atoms with Gasteiger partial charge in [-0.05, 0) is 75.6 Å². The Morgan fingerprint density at radius 2 is 1.90 bits per heavy atom. The van der Waals surface area contributed by atoms with Crippen molar-refractivity contribution in [1.82, 2.24) is 14.5 Å². The van der Waals surface area contributed by atoms with Crippen LogP contribution in [0.3, 0.4) is 0 Å². The molecule has 0 unspecified atom stereocenters. The Morgan fingerprint density at radius 1 is 1.15 bits per heavy atom. The van der Waals surface area contributed by atoms with Gasteiger partial charge in [-0.1, -0.05) is 29.3 Å². The number of aliphatic carboxylic acids is 1. The fourth-order valence-corrected chi connectivity index (χ4v) is 7.53. The molecular weight excluding hydrogens is 561 g/mol. The number of nitrogens with one attached hydrogen (secondary N) is 1. The molecule has 2 saturated heterocycles. The molecule has 8 nitrogen and oxygen atoms in total. The van der Waals surface area contributed by atoms with Gasteiger partial charge in [-0.2, -0.15) is 0 Å². The van der Waals surface area contributed by atoms with Crippen LogP contribution in [0.4, 0.5) is 11.5 Å². The molecule has 3 aliphatic rings. The lowest BCUT2D eigenvalue weighted by Gasteiger charge is -2.52. The van der Waals surface area contributed by atoms with Crippen LogP contribution in [0.25, 0.3) is 11.0 Å². The number of nitrogens with zero attached hydrogens (tertiary/aromatic N) is 4. The van der Waals surface area contributed by atoms with Crippen molar-refractivity contribution in [3.05, 3.63) is 62.4 Å². The zero-order valence-corrected chi connectivity index (χ0v) is 25.3. The first-order chi connectivity index (χ1) is 19.5. The van der Waals surface area contributed by atoms with Crippen LogP contribution in [0.5, 0.6) is 0 Å². The molecule has 0 radical (unpaired) electrons. The molecule has 0 spiro atoms. The lowest BCUT2D eigenvalue weighted by atomic mass is 9.65. The average molecular weight is 599 g/mol. The first kappa shape index (κ1) is 28.3. The lowest BCUT2D eigenvalue weighted by molar-refractivity contribution is -0.158. The van der Waals surface area contributed by atoms with E-state index in [2.05, 4.69) is 15.1 Å². The maximum Gasteiger partial charge on any atom is 0.309 e. The summed E-state index contributed by atoms with van der Waals surface area (Å²) < 4.78 is 1.89. The molecular formula is C31H37Cl2N5O3. The van der Waals surface area contributed by atoms with Crippen LogP contribution in [0.2, 0.25) is 10.0 Å². The molecule has 2 aliphatic heterocycles. The summed E-state index contributed by atoms with van der Waals surface area (Å²) in [5, 5.41) is 14.8. The Bertz CT molecular complexity index is 1550. The highest BCUT2D eigenvalue weighted by atomic mass is 35.5. The molecule has 2 aromatic heterocycles. The summed E-state index contributed by atoms with van der Waals surface area (Å²) in [6, 6.07) is 9.26. The Kier molecular flexibility index (Phi) is 7.45. The highest BCUT2D eigenvalue weighted by Crippen LogP contribution is 2.45. The molecule has 0 bridgehead atoms. The first-order valence-corrected chi connectivity index (χ1v) is 15.2. The van der Waals surface area contributed by atoms with Crippen molar-refractivity contribution in [2.45, 2.75) is 51.6 Å². The average Bonchev–Trinajstić information content (AvgIpc) is 2.88. The number of aryl methyl sites for hydroxylation is 1. The Hall–Kier alpha value is -2.81. The number of halogens is 2. The molecule has 1 saturated carbocycles. The Morgan fingerprint density at radius 3 is 2.61 bits per heavy atom. The third-order valence-electron chi connectivity index (χ3n) is 9.61. The van der Waals surface area contributed by atoms with E-state index in [-0.39, 0.29) is 11.5 Å². The number of piperidine rings is 1. The number of benzene rings is 1. The van der Waals surface area contributed by atoms with Gasteiger partial charge in [0, 0.05) is 61.1 Å². The normalized spacial score (nSPS) is 25.9. The molecule has 2 atom stereocenters. The van der Waals surface area contributed by atoms with Gasteiger partial charge in [-0.25, -0.2) is 4.98 Å². The molecule has 0 amide bonds. The standard InChI is InChI=1S/C31H37Cl2N5O3/c1-18(23-7-6-21(32)11-24(23)33)34-25-12-27(35-29-28(25)26(39)8-10-36(29)3)38-16-20(17-38)19-5-4-9-37(15-19)22-13-31(2,14-22)30(40)41/h6-8,10-12,18-20,22H,4-5,9,13-17H2,1-3H3,(H,34,35)(H,40,41)/t18-,19+,22?,31?/m1/s1. The van der Waals surface area contributed by atoms with Gasteiger partial charge in [-0.3, -0.25) is 9.59 Å². The van der Waals surface area contributed by atoms with Crippen LogP contribution in [0.15, 0.2) is 41.3 Å². The van der Waals surface area contributed by atoms with Crippen molar-refractivity contribution in [3.8, 4) is 0 Å². The molecule has 6 rings (SSSR count). The SMILES string of the molecule is C[C@@H](Nc1cc(N2CC([C@H]3CCCN(C4CC(C)(C(=O)O)C4)C3)C2)nc2c1c(=O)ccn2C)c1ccc(Cl)cc1Cl. The summed E-state index contributed by atoms with van der Waals surface area (Å²) in [6.07, 6.45) is 5.64. The number of fused-ring (bicyclic) bond motifs is 1. The van der Waals surface area contributed by atoms with Crippen molar-refractivity contribution >= 4 is 51.7 Å². The zero-order chi connectivity index (χ0) is 29.1. The van der Waals surface area contributed by atoms with Crippen LogP contribution in [0.1, 0.15) is 51.1 Å². The van der Waals surface area contributed by atoms with E-state index in [1.54, 1.807) is 18.3 Å². The molecule has 2 N–H and O–H groups in total. The minimum Gasteiger partial charge on any atom is -0.481 e. The topological polar surface area (TPSA) is 90.7 Å². The fourth-order valence-electron chi connectivity index (χ4n) is 6.96. The summed E-state index contributed by atoms with van der Waals surface area (Å²) in [6.45, 7) is 7.85. The number of rotatable bonds is 7. The highest BCUT2D eigenvalue weighted by Gasteiger charge is 2.49. The fraction of sp³-hybridized carbons (Fsp3) is 0.516. The Balaban J connectivity index is 1.19. The number of carboxylic acid groups (broad SMARTS) is 1. The van der Waals surface area contributed by atoms with Gasteiger partial charge in [0.1, 0.15) is 11.5 Å². The third-order valence-corrected chi connectivity index (χ3v) is 10.2. The van der Waals surface area contributed by atoms with Crippen LogP contribution in [0, 0.1) is 17.3 Å². The van der Waals surface area contributed by atoms with E-state index in [4.69, 9.17) is 28.2 Å². The van der Waals surface area contributed by atoms with E-state index in [0.29, 0.717) is 39.0 Å². The second-order valence-corrected chi connectivity index (χ2v) is 13.4. The molecule has 10 heteroatoms. The van der Waals surface area contributed by atoms with Gasteiger partial charge in [0.15, 0.2) is 5.43 Å². The van der Waals surface area contributed by atoms with Crippen molar-refractivity contribution in [1.29, 1.82) is 0 Å². The predicted molar refractivity (Wildman–Crippen MR) is 164 cm³/mol. The second kappa shape index (κ2) is 10.8. The van der Waals surface area contributed by atoms with E-state index in [0.717, 1.165) is 62.5 Å². The van der Waals surface area contributed by atoms with E-state index in [1.807, 2.05) is 43.7 Å². The van der Waals surface area contributed by atoms with E-state index in [1.165, 1.54) is 6.42 Å². The largest absolute Gasteiger partial charge is 0.481 e. The zero-order valence-electron chi connectivity index (χ0n) is 23.7. The van der Waals surface area contributed by atoms with Crippen molar-refractivity contribution in [3.63, 3.8) is 0 Å². The van der Waals surface area contributed by atoms with Gasteiger partial charge < -0.3 is 24.8 Å². The maximum absolute atomic E-state index is 13.0. The van der Waals surface area contributed by atoms with Crippen LogP contribution in [-0.2, 0) is 11.8 Å². The van der Waals surface area contributed by atoms with Crippen molar-refractivity contribution in [2.24, 2.45) is 24.3 Å². The number of aromatic nitrogens is 2. The van der Waals surface area contributed by atoms with Gasteiger partial charge in [-0.15, -0.1) is 0 Å². The smallest absolute Gasteiger partial charge is 0.309 e. The highest BCUT2D eigenvalue weighted by molar-refractivity contribution is 6.35. The Labute approximate surface area is 250 Å². The van der Waals surface area contributed by atoms with Crippen LogP contribution in [-0.4, -0.2) is 57.7 Å². The predicted octanol–water partition coefficient (Wildman–Crippen LogP) is 5.81. The molecule has 1 aromatic carbocycles. The third kappa shape index (κ3) is 5.30. The van der Waals surface area contributed by atoms with Gasteiger partial charge in [0.05, 0.1) is 22.5 Å². The number of anilines is 2. The van der Waals surface area contributed by atoms with Crippen molar-refractivity contribution < 1.29 is 9.90 Å².